The largest absolute Gasteiger partial charge is 0.454 e. The molecule has 0 aromatic heterocycles. The fourth-order valence-corrected chi connectivity index (χ4v) is 9.62. The number of allylic oxidation sites excluding steroid dienone is 9. The molecule has 8 unspecified atom stereocenters. The number of amides is 1. The molecule has 0 aromatic rings. The van der Waals surface area contributed by atoms with Gasteiger partial charge in [0.15, 0.2) is 12.4 Å². The lowest BCUT2D eigenvalue weighted by Crippen LogP contribution is -2.61. The topological polar surface area (TPSA) is 175 Å². The van der Waals surface area contributed by atoms with Crippen LogP contribution in [0.1, 0.15) is 278 Å². The van der Waals surface area contributed by atoms with Gasteiger partial charge in [-0.15, -0.1) is 0 Å². The number of unbranched alkanes of at least 4 members (excludes halogenated alkanes) is 31. The van der Waals surface area contributed by atoms with Crippen LogP contribution >= 0.6 is 0 Å². The number of carbonyl (C=O) groups is 2. The van der Waals surface area contributed by atoms with Crippen molar-refractivity contribution in [3.8, 4) is 0 Å². The first-order chi connectivity index (χ1) is 37.2. The number of hydrogen-bond acceptors (Lipinski definition) is 10. The highest BCUT2D eigenvalue weighted by Gasteiger charge is 2.47. The van der Waals surface area contributed by atoms with E-state index in [0.717, 1.165) is 57.8 Å². The van der Waals surface area contributed by atoms with Crippen molar-refractivity contribution in [2.75, 3.05) is 13.2 Å². The number of carbonyl (C=O) groups excluding carboxylic acids is 2. The maximum Gasteiger partial charge on any atom is 0.306 e. The van der Waals surface area contributed by atoms with Gasteiger partial charge in [0, 0.05) is 6.42 Å². The molecular weight excluding hydrogens is 955 g/mol. The van der Waals surface area contributed by atoms with Crippen LogP contribution in [0.25, 0.3) is 0 Å². The molecule has 1 aliphatic heterocycles. The molecule has 0 aromatic carbocycles. The van der Waals surface area contributed by atoms with Crippen LogP contribution in [0.5, 0.6) is 0 Å². The molecule has 0 spiro atoms. The van der Waals surface area contributed by atoms with E-state index in [1.807, 2.05) is 18.2 Å². The Morgan fingerprint density at radius 1 is 0.513 bits per heavy atom. The average Bonchev–Trinajstić information content (AvgIpc) is 3.42. The van der Waals surface area contributed by atoms with Gasteiger partial charge in [-0.05, 0) is 77.0 Å². The number of nitrogens with one attached hydrogen (secondary N) is 1. The van der Waals surface area contributed by atoms with Gasteiger partial charge in [0.05, 0.1) is 25.4 Å². The van der Waals surface area contributed by atoms with E-state index in [1.54, 1.807) is 6.08 Å². The van der Waals surface area contributed by atoms with E-state index in [4.69, 9.17) is 14.2 Å². The maximum absolute atomic E-state index is 13.4. The third-order valence-electron chi connectivity index (χ3n) is 14.7. The quantitative estimate of drug-likeness (QED) is 0.0195. The van der Waals surface area contributed by atoms with E-state index in [2.05, 4.69) is 62.5 Å². The Balaban J connectivity index is 2.66. The van der Waals surface area contributed by atoms with Gasteiger partial charge in [0.1, 0.15) is 24.4 Å². The molecule has 442 valence electrons. The van der Waals surface area contributed by atoms with Crippen molar-refractivity contribution >= 4 is 11.9 Å². The summed E-state index contributed by atoms with van der Waals surface area (Å²) in [5.74, 6) is -1.26. The molecule has 11 nitrogen and oxygen atoms in total. The second-order valence-electron chi connectivity index (χ2n) is 21.8. The van der Waals surface area contributed by atoms with Crippen LogP contribution < -0.4 is 5.32 Å². The van der Waals surface area contributed by atoms with Gasteiger partial charge in [-0.25, -0.2) is 0 Å². The van der Waals surface area contributed by atoms with Crippen molar-refractivity contribution in [2.24, 2.45) is 0 Å². The molecule has 1 fully saturated rings. The third-order valence-corrected chi connectivity index (χ3v) is 14.7. The van der Waals surface area contributed by atoms with Crippen molar-refractivity contribution in [2.45, 2.75) is 327 Å². The summed E-state index contributed by atoms with van der Waals surface area (Å²) in [6, 6.07) is -1.04. The van der Waals surface area contributed by atoms with Crippen LogP contribution in [0.3, 0.4) is 0 Å². The fourth-order valence-electron chi connectivity index (χ4n) is 9.62. The molecule has 1 rings (SSSR count). The molecule has 11 heteroatoms. The van der Waals surface area contributed by atoms with Gasteiger partial charge in [-0.2, -0.15) is 0 Å². The van der Waals surface area contributed by atoms with Crippen molar-refractivity contribution in [1.82, 2.24) is 5.32 Å². The summed E-state index contributed by atoms with van der Waals surface area (Å²) in [6.07, 6.45) is 55.6. The predicted molar refractivity (Wildman–Crippen MR) is 315 cm³/mol. The SMILES string of the molecule is CCCCC/C=C\C/C=C\CCCCCCCCCCCCCCC(O)C(=O)NC(COC1OC(CO)C(O)C(O)C1OC(=O)CC/C=C/C/C=C\CCCCCCCC)C(O)/C=C/CCCCCCCCCCCC. The van der Waals surface area contributed by atoms with Crippen LogP contribution in [0.15, 0.2) is 60.8 Å². The van der Waals surface area contributed by atoms with E-state index >= 15 is 0 Å². The molecule has 1 amide bonds. The Morgan fingerprint density at radius 3 is 1.37 bits per heavy atom. The van der Waals surface area contributed by atoms with Gasteiger partial charge in [0.25, 0.3) is 0 Å². The summed E-state index contributed by atoms with van der Waals surface area (Å²) in [5.41, 5.74) is 0. The van der Waals surface area contributed by atoms with E-state index in [9.17, 15) is 35.1 Å². The van der Waals surface area contributed by atoms with E-state index in [0.29, 0.717) is 12.8 Å². The standard InChI is InChI=1S/C65H117NO10/c1-4-7-10-13-16-19-22-25-26-27-28-29-30-31-32-33-35-37-40-43-46-49-52-58(69)64(73)66-56(57(68)51-48-45-42-39-36-24-21-18-15-12-9-6-3)55-74-65-63(62(72)61(71)59(54-67)75-65)76-60(70)53-50-47-44-41-38-34-23-20-17-14-11-8-5-2/h16,19,25-26,34,38,44,47-48,51,56-59,61-63,65,67-69,71-72H,4-15,17-18,20-24,27-33,35-37,39-43,45-46,49-50,52-55H2,1-3H3,(H,66,73)/b19-16-,26-25-,38-34-,47-44+,51-48+. The Kier molecular flexibility index (Phi) is 49.8. The van der Waals surface area contributed by atoms with E-state index < -0.39 is 67.4 Å². The zero-order valence-electron chi connectivity index (χ0n) is 48.9. The zero-order valence-corrected chi connectivity index (χ0v) is 48.9. The third kappa shape index (κ3) is 40.5. The first-order valence-corrected chi connectivity index (χ1v) is 31.6. The zero-order chi connectivity index (χ0) is 55.4. The van der Waals surface area contributed by atoms with Gasteiger partial charge in [0.2, 0.25) is 5.91 Å². The summed E-state index contributed by atoms with van der Waals surface area (Å²) >= 11 is 0. The number of esters is 1. The highest BCUT2D eigenvalue weighted by Crippen LogP contribution is 2.26. The molecule has 6 N–H and O–H groups in total. The Morgan fingerprint density at radius 2 is 0.908 bits per heavy atom. The normalized spacial score (nSPS) is 19.5. The van der Waals surface area contributed by atoms with Crippen molar-refractivity contribution < 1.29 is 49.3 Å². The summed E-state index contributed by atoms with van der Waals surface area (Å²) in [4.78, 5) is 26.5. The summed E-state index contributed by atoms with van der Waals surface area (Å²) in [6.45, 7) is 5.73. The van der Waals surface area contributed by atoms with Gasteiger partial charge in [-0.3, -0.25) is 9.59 Å². The minimum absolute atomic E-state index is 0.0174. The highest BCUT2D eigenvalue weighted by molar-refractivity contribution is 5.80. The Hall–Kier alpha value is -2.64. The highest BCUT2D eigenvalue weighted by atomic mass is 16.7. The molecule has 1 heterocycles. The Bertz CT molecular complexity index is 1460. The molecule has 1 saturated heterocycles. The minimum atomic E-state index is -1.64. The van der Waals surface area contributed by atoms with Crippen LogP contribution in [0.2, 0.25) is 0 Å². The number of rotatable bonds is 53. The van der Waals surface area contributed by atoms with Gasteiger partial charge < -0.3 is 45.1 Å². The summed E-state index contributed by atoms with van der Waals surface area (Å²) in [7, 11) is 0. The molecule has 0 saturated carbocycles. The van der Waals surface area contributed by atoms with Crippen LogP contribution in [-0.4, -0.2) is 99.6 Å². The molecule has 0 aliphatic carbocycles. The van der Waals surface area contributed by atoms with Crippen molar-refractivity contribution in [1.29, 1.82) is 0 Å². The van der Waals surface area contributed by atoms with Crippen LogP contribution in [0, 0.1) is 0 Å². The van der Waals surface area contributed by atoms with Crippen molar-refractivity contribution in [3.63, 3.8) is 0 Å². The fraction of sp³-hybridized carbons (Fsp3) is 0.815. The first kappa shape index (κ1) is 71.4. The smallest absolute Gasteiger partial charge is 0.306 e. The van der Waals surface area contributed by atoms with E-state index in [-0.39, 0.29) is 19.4 Å². The second kappa shape index (κ2) is 53.0. The van der Waals surface area contributed by atoms with Gasteiger partial charge in [-0.1, -0.05) is 255 Å². The minimum Gasteiger partial charge on any atom is -0.454 e. The monoisotopic (exact) mass is 1070 g/mol. The lowest BCUT2D eigenvalue weighted by Gasteiger charge is -2.41. The Labute approximate surface area is 465 Å². The number of ether oxygens (including phenoxy) is 3. The molecule has 1 aliphatic rings. The molecule has 76 heavy (non-hydrogen) atoms. The molecule has 8 atom stereocenters. The van der Waals surface area contributed by atoms with Crippen molar-refractivity contribution in [3.05, 3.63) is 60.8 Å². The summed E-state index contributed by atoms with van der Waals surface area (Å²) in [5, 5.41) is 56.9. The second-order valence-corrected chi connectivity index (χ2v) is 21.8. The lowest BCUT2D eigenvalue weighted by atomic mass is 9.99. The van der Waals surface area contributed by atoms with Crippen LogP contribution in [-0.2, 0) is 23.8 Å². The van der Waals surface area contributed by atoms with Gasteiger partial charge >= 0.3 is 5.97 Å². The molecular formula is C65H117NO10. The van der Waals surface area contributed by atoms with E-state index in [1.165, 1.54) is 173 Å². The lowest BCUT2D eigenvalue weighted by molar-refractivity contribution is -0.305. The number of aliphatic hydroxyl groups excluding tert-OH is 5. The maximum atomic E-state index is 13.4. The predicted octanol–water partition coefficient (Wildman–Crippen LogP) is 15.0. The first-order valence-electron chi connectivity index (χ1n) is 31.6. The summed E-state index contributed by atoms with van der Waals surface area (Å²) < 4.78 is 17.5. The number of aliphatic hydroxyl groups is 5. The van der Waals surface area contributed by atoms with Crippen LogP contribution in [0.4, 0.5) is 0 Å². The molecule has 0 radical (unpaired) electrons. The average molecular weight is 1070 g/mol. The number of hydrogen-bond donors (Lipinski definition) is 6. The molecule has 0 bridgehead atoms.